The Labute approximate surface area is 132 Å². The van der Waals surface area contributed by atoms with Crippen LogP contribution in [-0.2, 0) is 5.75 Å². The highest BCUT2D eigenvalue weighted by Crippen LogP contribution is 2.25. The van der Waals surface area contributed by atoms with Crippen LogP contribution in [0.25, 0.3) is 5.69 Å². The summed E-state index contributed by atoms with van der Waals surface area (Å²) in [5.74, 6) is 0.385. The van der Waals surface area contributed by atoms with Gasteiger partial charge in [0, 0.05) is 5.75 Å². The predicted octanol–water partition coefficient (Wildman–Crippen LogP) is 3.71. The van der Waals surface area contributed by atoms with E-state index in [9.17, 15) is 4.39 Å². The SMILES string of the molecule is Cc1cccc(-n2nnnc2SCc2cccc(F)c2)c1C. The van der Waals surface area contributed by atoms with E-state index >= 15 is 0 Å². The number of nitrogens with zero attached hydrogens (tertiary/aromatic N) is 4. The maximum atomic E-state index is 13.2. The monoisotopic (exact) mass is 314 g/mol. The lowest BCUT2D eigenvalue weighted by atomic mass is 10.1. The molecule has 3 aromatic rings. The van der Waals surface area contributed by atoms with Gasteiger partial charge in [-0.05, 0) is 59.2 Å². The Balaban J connectivity index is 1.85. The lowest BCUT2D eigenvalue weighted by Gasteiger charge is -2.09. The fourth-order valence-electron chi connectivity index (χ4n) is 2.16. The van der Waals surface area contributed by atoms with E-state index in [1.165, 1.54) is 29.5 Å². The van der Waals surface area contributed by atoms with Crippen molar-refractivity contribution in [2.45, 2.75) is 24.8 Å². The summed E-state index contributed by atoms with van der Waals surface area (Å²) in [6, 6.07) is 12.6. The number of hydrogen-bond donors (Lipinski definition) is 0. The average molecular weight is 314 g/mol. The second-order valence-electron chi connectivity index (χ2n) is 5.01. The molecule has 0 aliphatic carbocycles. The number of rotatable bonds is 4. The van der Waals surface area contributed by atoms with E-state index in [1.54, 1.807) is 10.7 Å². The van der Waals surface area contributed by atoms with E-state index in [0.29, 0.717) is 10.9 Å². The van der Waals surface area contributed by atoms with Gasteiger partial charge in [-0.1, -0.05) is 36.0 Å². The summed E-state index contributed by atoms with van der Waals surface area (Å²) < 4.78 is 14.9. The molecule has 0 unspecified atom stereocenters. The van der Waals surface area contributed by atoms with Crippen LogP contribution in [0.1, 0.15) is 16.7 Å². The molecule has 4 nitrogen and oxygen atoms in total. The van der Waals surface area contributed by atoms with Crippen molar-refractivity contribution in [3.8, 4) is 5.69 Å². The molecule has 6 heteroatoms. The molecule has 0 bridgehead atoms. The molecule has 0 atom stereocenters. The first-order chi connectivity index (χ1) is 10.6. The minimum absolute atomic E-state index is 0.229. The van der Waals surface area contributed by atoms with Gasteiger partial charge in [0.1, 0.15) is 5.82 Å². The molecule has 0 amide bonds. The van der Waals surface area contributed by atoms with Crippen molar-refractivity contribution >= 4 is 11.8 Å². The van der Waals surface area contributed by atoms with Crippen molar-refractivity contribution in [2.24, 2.45) is 0 Å². The van der Waals surface area contributed by atoms with Crippen molar-refractivity contribution in [2.75, 3.05) is 0 Å². The zero-order valence-electron chi connectivity index (χ0n) is 12.3. The fraction of sp³-hybridized carbons (Fsp3) is 0.188. The zero-order valence-corrected chi connectivity index (χ0v) is 13.1. The van der Waals surface area contributed by atoms with Gasteiger partial charge in [0.2, 0.25) is 5.16 Å². The van der Waals surface area contributed by atoms with Crippen molar-refractivity contribution in [1.29, 1.82) is 0 Å². The van der Waals surface area contributed by atoms with Crippen LogP contribution in [0.2, 0.25) is 0 Å². The summed E-state index contributed by atoms with van der Waals surface area (Å²) in [4.78, 5) is 0. The van der Waals surface area contributed by atoms with Gasteiger partial charge in [-0.3, -0.25) is 0 Å². The Hall–Kier alpha value is -2.21. The van der Waals surface area contributed by atoms with Crippen molar-refractivity contribution in [1.82, 2.24) is 20.2 Å². The molecule has 0 saturated heterocycles. The molecule has 2 aromatic carbocycles. The molecule has 0 fully saturated rings. The molecule has 3 rings (SSSR count). The maximum absolute atomic E-state index is 13.2. The first-order valence-electron chi connectivity index (χ1n) is 6.87. The Kier molecular flexibility index (Phi) is 4.20. The molecule has 22 heavy (non-hydrogen) atoms. The van der Waals surface area contributed by atoms with Gasteiger partial charge < -0.3 is 0 Å². The molecule has 0 aliphatic rings. The summed E-state index contributed by atoms with van der Waals surface area (Å²) in [6.45, 7) is 4.11. The summed E-state index contributed by atoms with van der Waals surface area (Å²) in [7, 11) is 0. The lowest BCUT2D eigenvalue weighted by Crippen LogP contribution is -2.02. The second kappa shape index (κ2) is 6.27. The molecular formula is C16H15FN4S. The van der Waals surface area contributed by atoms with Crippen LogP contribution in [0.15, 0.2) is 47.6 Å². The van der Waals surface area contributed by atoms with Crippen LogP contribution >= 0.6 is 11.8 Å². The highest BCUT2D eigenvalue weighted by atomic mass is 32.2. The Morgan fingerprint density at radius 2 is 1.95 bits per heavy atom. The van der Waals surface area contributed by atoms with Crippen LogP contribution < -0.4 is 0 Å². The molecule has 0 N–H and O–H groups in total. The first kappa shape index (κ1) is 14.7. The maximum Gasteiger partial charge on any atom is 0.214 e. The van der Waals surface area contributed by atoms with Gasteiger partial charge in [-0.25, -0.2) is 4.39 Å². The summed E-state index contributed by atoms with van der Waals surface area (Å²) in [6.07, 6.45) is 0. The zero-order chi connectivity index (χ0) is 15.5. The first-order valence-corrected chi connectivity index (χ1v) is 7.86. The topological polar surface area (TPSA) is 43.6 Å². The van der Waals surface area contributed by atoms with Gasteiger partial charge >= 0.3 is 0 Å². The van der Waals surface area contributed by atoms with Gasteiger partial charge in [0.25, 0.3) is 0 Å². The number of halogens is 1. The predicted molar refractivity (Wildman–Crippen MR) is 84.6 cm³/mol. The number of thioether (sulfide) groups is 1. The number of hydrogen-bond acceptors (Lipinski definition) is 4. The summed E-state index contributed by atoms with van der Waals surface area (Å²) in [5.41, 5.74) is 4.20. The van der Waals surface area contributed by atoms with E-state index in [1.807, 2.05) is 25.1 Å². The molecular weight excluding hydrogens is 299 g/mol. The quantitative estimate of drug-likeness (QED) is 0.689. The van der Waals surface area contributed by atoms with E-state index in [2.05, 4.69) is 28.5 Å². The Morgan fingerprint density at radius 3 is 2.77 bits per heavy atom. The van der Waals surface area contributed by atoms with Crippen molar-refractivity contribution in [3.63, 3.8) is 0 Å². The second-order valence-corrected chi connectivity index (χ2v) is 5.95. The molecule has 0 radical (unpaired) electrons. The van der Waals surface area contributed by atoms with Crippen LogP contribution in [-0.4, -0.2) is 20.2 Å². The number of aryl methyl sites for hydroxylation is 1. The number of aromatic nitrogens is 4. The van der Waals surface area contributed by atoms with Crippen LogP contribution in [0.5, 0.6) is 0 Å². The third-order valence-corrected chi connectivity index (χ3v) is 4.49. The smallest absolute Gasteiger partial charge is 0.207 e. The van der Waals surface area contributed by atoms with Gasteiger partial charge in [0.05, 0.1) is 5.69 Å². The Morgan fingerprint density at radius 1 is 1.14 bits per heavy atom. The third kappa shape index (κ3) is 3.01. The van der Waals surface area contributed by atoms with Gasteiger partial charge in [-0.15, -0.1) is 5.10 Å². The largest absolute Gasteiger partial charge is 0.214 e. The summed E-state index contributed by atoms with van der Waals surface area (Å²) >= 11 is 1.49. The molecule has 0 aliphatic heterocycles. The number of tetrazole rings is 1. The average Bonchev–Trinajstić information content (AvgIpc) is 2.96. The molecule has 1 aromatic heterocycles. The fourth-order valence-corrected chi connectivity index (χ4v) is 2.99. The van der Waals surface area contributed by atoms with Gasteiger partial charge in [0.15, 0.2) is 0 Å². The minimum atomic E-state index is -0.229. The summed E-state index contributed by atoms with van der Waals surface area (Å²) in [5, 5.41) is 12.6. The van der Waals surface area contributed by atoms with E-state index in [4.69, 9.17) is 0 Å². The Bertz CT molecular complexity index is 800. The lowest BCUT2D eigenvalue weighted by molar-refractivity contribution is 0.626. The standard InChI is InChI=1S/C16H15FN4S/c1-11-5-3-8-15(12(11)2)21-16(18-19-20-21)22-10-13-6-4-7-14(17)9-13/h3-9H,10H2,1-2H3. The van der Waals surface area contributed by atoms with E-state index < -0.39 is 0 Å². The van der Waals surface area contributed by atoms with Crippen LogP contribution in [0.4, 0.5) is 4.39 Å². The highest BCUT2D eigenvalue weighted by molar-refractivity contribution is 7.98. The van der Waals surface area contributed by atoms with Crippen molar-refractivity contribution < 1.29 is 4.39 Å². The van der Waals surface area contributed by atoms with Gasteiger partial charge in [-0.2, -0.15) is 4.68 Å². The number of benzene rings is 2. The normalized spacial score (nSPS) is 10.9. The van der Waals surface area contributed by atoms with Crippen LogP contribution in [0, 0.1) is 19.7 Å². The molecule has 112 valence electrons. The van der Waals surface area contributed by atoms with Crippen LogP contribution in [0.3, 0.4) is 0 Å². The third-order valence-electron chi connectivity index (χ3n) is 3.50. The molecule has 0 saturated carbocycles. The minimum Gasteiger partial charge on any atom is -0.207 e. The highest BCUT2D eigenvalue weighted by Gasteiger charge is 2.12. The van der Waals surface area contributed by atoms with E-state index in [-0.39, 0.29) is 5.82 Å². The van der Waals surface area contributed by atoms with E-state index in [0.717, 1.165) is 16.8 Å². The molecule has 1 heterocycles. The molecule has 0 spiro atoms. The van der Waals surface area contributed by atoms with Crippen molar-refractivity contribution in [3.05, 3.63) is 65.0 Å².